The number of nitrogens with one attached hydrogen (secondary N) is 1. The van der Waals surface area contributed by atoms with Crippen LogP contribution in [0.3, 0.4) is 0 Å². The lowest BCUT2D eigenvalue weighted by molar-refractivity contribution is 0.292. The van der Waals surface area contributed by atoms with Crippen LogP contribution in [0.25, 0.3) is 0 Å². The van der Waals surface area contributed by atoms with E-state index in [1.807, 2.05) is 0 Å². The van der Waals surface area contributed by atoms with Crippen molar-refractivity contribution in [2.45, 2.75) is 66.5 Å². The van der Waals surface area contributed by atoms with Gasteiger partial charge in [-0.3, -0.25) is 0 Å². The van der Waals surface area contributed by atoms with Crippen LogP contribution in [0.4, 0.5) is 5.82 Å². The summed E-state index contributed by atoms with van der Waals surface area (Å²) in [6, 6.07) is 4.42. The van der Waals surface area contributed by atoms with Gasteiger partial charge in [0.2, 0.25) is 0 Å². The highest BCUT2D eigenvalue weighted by molar-refractivity contribution is 5.42. The van der Waals surface area contributed by atoms with Crippen LogP contribution in [-0.2, 0) is 6.54 Å². The predicted molar refractivity (Wildman–Crippen MR) is 90.8 cm³/mol. The molecule has 118 valence electrons. The molecule has 1 N–H and O–H groups in total. The molecule has 0 aromatic carbocycles. The lowest BCUT2D eigenvalue weighted by Crippen LogP contribution is -2.40. The minimum atomic E-state index is 0.141. The van der Waals surface area contributed by atoms with E-state index in [9.17, 15) is 0 Å². The van der Waals surface area contributed by atoms with E-state index in [-0.39, 0.29) is 5.54 Å². The fourth-order valence-electron chi connectivity index (χ4n) is 2.92. The molecular weight excluding hydrogens is 258 g/mol. The second-order valence-corrected chi connectivity index (χ2v) is 8.21. The second-order valence-electron chi connectivity index (χ2n) is 8.21. The van der Waals surface area contributed by atoms with Crippen molar-refractivity contribution in [3.05, 3.63) is 23.4 Å². The van der Waals surface area contributed by atoms with E-state index < -0.39 is 0 Å². The minimum absolute atomic E-state index is 0.141. The third kappa shape index (κ3) is 4.70. The Bertz CT molecular complexity index is 486. The van der Waals surface area contributed by atoms with Crippen molar-refractivity contribution >= 4 is 5.82 Å². The molecule has 3 nitrogen and oxygen atoms in total. The normalized spacial score (nSPS) is 18.9. The molecule has 1 saturated heterocycles. The maximum absolute atomic E-state index is 4.85. The molecule has 2 heterocycles. The first kappa shape index (κ1) is 16.3. The summed E-state index contributed by atoms with van der Waals surface area (Å²) in [5.74, 6) is 1.14. The molecule has 2 rings (SSSR count). The number of aryl methyl sites for hydroxylation is 1. The molecular formula is C18H31N3. The Balaban J connectivity index is 2.08. The number of nitrogens with zero attached hydrogens (tertiary/aromatic N) is 2. The average molecular weight is 289 g/mol. The van der Waals surface area contributed by atoms with E-state index in [2.05, 4.69) is 63.9 Å². The smallest absolute Gasteiger partial charge is 0.128 e. The van der Waals surface area contributed by atoms with Crippen molar-refractivity contribution in [1.82, 2.24) is 10.3 Å². The van der Waals surface area contributed by atoms with Gasteiger partial charge in [-0.1, -0.05) is 19.9 Å². The van der Waals surface area contributed by atoms with Gasteiger partial charge in [-0.05, 0) is 57.6 Å². The summed E-state index contributed by atoms with van der Waals surface area (Å²) in [5, 5.41) is 3.54. The van der Waals surface area contributed by atoms with Gasteiger partial charge < -0.3 is 10.2 Å². The molecule has 0 atom stereocenters. The van der Waals surface area contributed by atoms with E-state index in [1.165, 1.54) is 18.4 Å². The summed E-state index contributed by atoms with van der Waals surface area (Å²) in [4.78, 5) is 7.29. The van der Waals surface area contributed by atoms with Gasteiger partial charge in [-0.25, -0.2) is 4.98 Å². The number of hydrogen-bond donors (Lipinski definition) is 1. The Labute approximate surface area is 130 Å². The Kier molecular flexibility index (Phi) is 4.62. The van der Waals surface area contributed by atoms with Crippen LogP contribution in [0.2, 0.25) is 0 Å². The molecule has 1 aliphatic heterocycles. The number of hydrogen-bond acceptors (Lipinski definition) is 3. The number of anilines is 1. The monoisotopic (exact) mass is 289 g/mol. The van der Waals surface area contributed by atoms with Gasteiger partial charge >= 0.3 is 0 Å². The first-order valence-corrected chi connectivity index (χ1v) is 8.13. The van der Waals surface area contributed by atoms with Crippen LogP contribution in [0.1, 0.15) is 58.7 Å². The van der Waals surface area contributed by atoms with Gasteiger partial charge in [0, 0.05) is 30.9 Å². The highest BCUT2D eigenvalue weighted by Crippen LogP contribution is 2.31. The fourth-order valence-corrected chi connectivity index (χ4v) is 2.92. The lowest BCUT2D eigenvalue weighted by Gasteiger charge is -2.39. The number of aromatic nitrogens is 1. The first-order chi connectivity index (χ1) is 9.66. The molecule has 1 aromatic heterocycles. The largest absolute Gasteiger partial charge is 0.356 e. The quantitative estimate of drug-likeness (QED) is 0.914. The third-order valence-electron chi connectivity index (χ3n) is 4.21. The zero-order valence-electron chi connectivity index (χ0n) is 14.6. The van der Waals surface area contributed by atoms with Crippen molar-refractivity contribution in [2.24, 2.45) is 5.41 Å². The van der Waals surface area contributed by atoms with Crippen LogP contribution in [0.5, 0.6) is 0 Å². The number of pyridine rings is 1. The Hall–Kier alpha value is -1.09. The van der Waals surface area contributed by atoms with Crippen LogP contribution < -0.4 is 10.2 Å². The van der Waals surface area contributed by atoms with Gasteiger partial charge in [-0.15, -0.1) is 0 Å². The highest BCUT2D eigenvalue weighted by Gasteiger charge is 2.27. The van der Waals surface area contributed by atoms with Crippen molar-refractivity contribution < 1.29 is 0 Å². The van der Waals surface area contributed by atoms with Gasteiger partial charge in [0.15, 0.2) is 0 Å². The standard InChI is InChI=1S/C18H31N3/c1-14-15(12-19-17(2,3)4)8-9-16(20-14)21-11-7-10-18(5,6)13-21/h8-9,19H,7,10-13H2,1-6H3. The van der Waals surface area contributed by atoms with Crippen LogP contribution in [0, 0.1) is 12.3 Å². The summed E-state index contributed by atoms with van der Waals surface area (Å²) in [7, 11) is 0. The van der Waals surface area contributed by atoms with E-state index in [4.69, 9.17) is 4.98 Å². The minimum Gasteiger partial charge on any atom is -0.356 e. The first-order valence-electron chi connectivity index (χ1n) is 8.13. The molecule has 0 unspecified atom stereocenters. The van der Waals surface area contributed by atoms with Crippen LogP contribution in [0.15, 0.2) is 12.1 Å². The highest BCUT2D eigenvalue weighted by atomic mass is 15.2. The van der Waals surface area contributed by atoms with Crippen LogP contribution in [-0.4, -0.2) is 23.6 Å². The molecule has 1 aliphatic rings. The molecule has 0 aliphatic carbocycles. The number of piperidine rings is 1. The Morgan fingerprint density at radius 3 is 2.57 bits per heavy atom. The molecule has 1 aromatic rings. The maximum Gasteiger partial charge on any atom is 0.128 e. The SMILES string of the molecule is Cc1nc(N2CCCC(C)(C)C2)ccc1CNC(C)(C)C. The molecule has 0 bridgehead atoms. The molecule has 21 heavy (non-hydrogen) atoms. The Morgan fingerprint density at radius 1 is 1.29 bits per heavy atom. The van der Waals surface area contributed by atoms with Crippen molar-refractivity contribution in [3.8, 4) is 0 Å². The zero-order chi connectivity index (χ0) is 15.7. The molecule has 0 amide bonds. The van der Waals surface area contributed by atoms with Gasteiger partial charge in [0.05, 0.1) is 0 Å². The molecule has 0 spiro atoms. The van der Waals surface area contributed by atoms with Crippen molar-refractivity contribution in [3.63, 3.8) is 0 Å². The maximum atomic E-state index is 4.85. The molecule has 0 radical (unpaired) electrons. The topological polar surface area (TPSA) is 28.2 Å². The molecule has 0 saturated carbocycles. The Morgan fingerprint density at radius 2 is 2.00 bits per heavy atom. The van der Waals surface area contributed by atoms with E-state index in [0.29, 0.717) is 5.41 Å². The van der Waals surface area contributed by atoms with E-state index in [0.717, 1.165) is 31.1 Å². The van der Waals surface area contributed by atoms with Gasteiger partial charge in [0.1, 0.15) is 5.82 Å². The zero-order valence-corrected chi connectivity index (χ0v) is 14.6. The van der Waals surface area contributed by atoms with E-state index in [1.54, 1.807) is 0 Å². The van der Waals surface area contributed by atoms with Gasteiger partial charge in [0.25, 0.3) is 0 Å². The summed E-state index contributed by atoms with van der Waals surface area (Å²) in [5.41, 5.74) is 2.99. The van der Waals surface area contributed by atoms with Crippen molar-refractivity contribution in [1.29, 1.82) is 0 Å². The van der Waals surface area contributed by atoms with Gasteiger partial charge in [-0.2, -0.15) is 0 Å². The predicted octanol–water partition coefficient (Wildman–Crippen LogP) is 3.90. The summed E-state index contributed by atoms with van der Waals surface area (Å²) < 4.78 is 0. The molecule has 3 heteroatoms. The van der Waals surface area contributed by atoms with Crippen molar-refractivity contribution in [2.75, 3.05) is 18.0 Å². The summed E-state index contributed by atoms with van der Waals surface area (Å²) in [6.07, 6.45) is 2.58. The molecule has 1 fully saturated rings. The fraction of sp³-hybridized carbons (Fsp3) is 0.722. The summed E-state index contributed by atoms with van der Waals surface area (Å²) >= 11 is 0. The second kappa shape index (κ2) is 5.96. The van der Waals surface area contributed by atoms with E-state index >= 15 is 0 Å². The third-order valence-corrected chi connectivity index (χ3v) is 4.21. The average Bonchev–Trinajstić information content (AvgIpc) is 2.35. The lowest BCUT2D eigenvalue weighted by atomic mass is 9.84. The van der Waals surface area contributed by atoms with Crippen LogP contribution >= 0.6 is 0 Å². The summed E-state index contributed by atoms with van der Waals surface area (Å²) in [6.45, 7) is 16.5. The number of rotatable bonds is 3.